The van der Waals surface area contributed by atoms with Crippen LogP contribution in [0.15, 0.2) is 36.0 Å². The van der Waals surface area contributed by atoms with Crippen LogP contribution in [0.1, 0.15) is 5.56 Å². The van der Waals surface area contributed by atoms with Gasteiger partial charge in [0.05, 0.1) is 24.4 Å². The van der Waals surface area contributed by atoms with Crippen molar-refractivity contribution in [1.82, 2.24) is 14.9 Å². The lowest BCUT2D eigenvalue weighted by Crippen LogP contribution is -2.36. The SMILES string of the molecule is O=[N+]([O-])c1ccc(N2CCOCC2)c(/C=N/n2cnnc2)c1. The first-order valence-electron chi connectivity index (χ1n) is 6.74. The van der Waals surface area contributed by atoms with E-state index in [9.17, 15) is 10.1 Å². The molecule has 1 aliphatic rings. The predicted molar refractivity (Wildman–Crippen MR) is 79.1 cm³/mol. The largest absolute Gasteiger partial charge is 0.378 e. The fourth-order valence-electron chi connectivity index (χ4n) is 2.23. The molecule has 0 spiro atoms. The highest BCUT2D eigenvalue weighted by Gasteiger charge is 2.17. The molecule has 22 heavy (non-hydrogen) atoms. The average Bonchev–Trinajstić information content (AvgIpc) is 3.07. The smallest absolute Gasteiger partial charge is 0.270 e. The van der Waals surface area contributed by atoms with E-state index in [-0.39, 0.29) is 5.69 Å². The Hall–Kier alpha value is -2.81. The highest BCUT2D eigenvalue weighted by molar-refractivity contribution is 5.89. The summed E-state index contributed by atoms with van der Waals surface area (Å²) in [4.78, 5) is 12.7. The van der Waals surface area contributed by atoms with Crippen LogP contribution in [-0.2, 0) is 4.74 Å². The molecule has 0 unspecified atom stereocenters. The van der Waals surface area contributed by atoms with Crippen LogP contribution in [0.3, 0.4) is 0 Å². The number of ether oxygens (including phenoxy) is 1. The van der Waals surface area contributed by atoms with E-state index in [1.165, 1.54) is 29.5 Å². The molecule has 0 aliphatic carbocycles. The fourth-order valence-corrected chi connectivity index (χ4v) is 2.23. The van der Waals surface area contributed by atoms with Gasteiger partial charge in [-0.05, 0) is 6.07 Å². The molecule has 9 nitrogen and oxygen atoms in total. The molecule has 0 amide bonds. The summed E-state index contributed by atoms with van der Waals surface area (Å²) in [5, 5.41) is 22.5. The van der Waals surface area contributed by atoms with Gasteiger partial charge in [0.2, 0.25) is 0 Å². The predicted octanol–water partition coefficient (Wildman–Crippen LogP) is 0.905. The summed E-state index contributed by atoms with van der Waals surface area (Å²) in [6.07, 6.45) is 4.46. The number of anilines is 1. The Balaban J connectivity index is 1.95. The second-order valence-corrected chi connectivity index (χ2v) is 4.69. The second-order valence-electron chi connectivity index (χ2n) is 4.69. The first-order valence-corrected chi connectivity index (χ1v) is 6.74. The van der Waals surface area contributed by atoms with Gasteiger partial charge in [0.1, 0.15) is 12.7 Å². The van der Waals surface area contributed by atoms with Crippen molar-refractivity contribution in [2.24, 2.45) is 5.10 Å². The first kappa shape index (κ1) is 14.1. The quantitative estimate of drug-likeness (QED) is 0.473. The van der Waals surface area contributed by atoms with Crippen LogP contribution in [0, 0.1) is 10.1 Å². The number of benzene rings is 1. The van der Waals surface area contributed by atoms with Gasteiger partial charge in [0, 0.05) is 36.5 Å². The Labute approximate surface area is 126 Å². The summed E-state index contributed by atoms with van der Waals surface area (Å²) < 4.78 is 6.77. The molecule has 3 rings (SSSR count). The number of aromatic nitrogens is 3. The number of nitro benzene ring substituents is 1. The minimum absolute atomic E-state index is 0.0298. The third kappa shape index (κ3) is 3.09. The lowest BCUT2D eigenvalue weighted by Gasteiger charge is -2.29. The van der Waals surface area contributed by atoms with E-state index in [1.807, 2.05) is 0 Å². The van der Waals surface area contributed by atoms with Gasteiger partial charge in [-0.2, -0.15) is 5.10 Å². The molecule has 0 N–H and O–H groups in total. The maximum atomic E-state index is 11.0. The zero-order chi connectivity index (χ0) is 15.4. The van der Waals surface area contributed by atoms with Crippen LogP contribution in [-0.4, -0.2) is 52.3 Å². The average molecular weight is 302 g/mol. The summed E-state index contributed by atoms with van der Waals surface area (Å²) >= 11 is 0. The summed E-state index contributed by atoms with van der Waals surface area (Å²) in [6.45, 7) is 2.76. The molecule has 1 aliphatic heterocycles. The van der Waals surface area contributed by atoms with Gasteiger partial charge in [0.25, 0.3) is 5.69 Å². The molecule has 0 bridgehead atoms. The molecule has 2 heterocycles. The number of morpholine rings is 1. The number of nitro groups is 1. The van der Waals surface area contributed by atoms with Crippen molar-refractivity contribution in [3.63, 3.8) is 0 Å². The first-order chi connectivity index (χ1) is 10.7. The minimum atomic E-state index is -0.417. The van der Waals surface area contributed by atoms with Gasteiger partial charge in [-0.3, -0.25) is 10.1 Å². The number of hydrogen-bond donors (Lipinski definition) is 0. The normalized spacial score (nSPS) is 15.4. The second kappa shape index (κ2) is 6.31. The van der Waals surface area contributed by atoms with E-state index >= 15 is 0 Å². The zero-order valence-corrected chi connectivity index (χ0v) is 11.7. The van der Waals surface area contributed by atoms with Crippen molar-refractivity contribution >= 4 is 17.6 Å². The van der Waals surface area contributed by atoms with Crippen molar-refractivity contribution in [3.05, 3.63) is 46.5 Å². The van der Waals surface area contributed by atoms with Crippen molar-refractivity contribution in [2.45, 2.75) is 0 Å². The van der Waals surface area contributed by atoms with Gasteiger partial charge in [-0.1, -0.05) is 0 Å². The van der Waals surface area contributed by atoms with Crippen LogP contribution in [0.4, 0.5) is 11.4 Å². The number of hydrogen-bond acceptors (Lipinski definition) is 7. The molecule has 1 saturated heterocycles. The Kier molecular flexibility index (Phi) is 4.05. The monoisotopic (exact) mass is 302 g/mol. The van der Waals surface area contributed by atoms with Crippen LogP contribution < -0.4 is 4.90 Å². The van der Waals surface area contributed by atoms with E-state index in [0.717, 1.165) is 18.8 Å². The van der Waals surface area contributed by atoms with Gasteiger partial charge < -0.3 is 9.64 Å². The fraction of sp³-hybridized carbons (Fsp3) is 0.308. The highest BCUT2D eigenvalue weighted by Crippen LogP contribution is 2.25. The van der Waals surface area contributed by atoms with Crippen LogP contribution in [0.2, 0.25) is 0 Å². The number of rotatable bonds is 4. The maximum absolute atomic E-state index is 11.0. The molecule has 0 radical (unpaired) electrons. The van der Waals surface area contributed by atoms with E-state index < -0.39 is 4.92 Å². The molecule has 1 aromatic carbocycles. The van der Waals surface area contributed by atoms with Crippen molar-refractivity contribution < 1.29 is 9.66 Å². The van der Waals surface area contributed by atoms with Gasteiger partial charge in [0.15, 0.2) is 0 Å². The summed E-state index contributed by atoms with van der Waals surface area (Å²) in [5.41, 5.74) is 1.60. The molecule has 1 aromatic heterocycles. The van der Waals surface area contributed by atoms with Gasteiger partial charge in [-0.25, -0.2) is 4.68 Å². The third-order valence-electron chi connectivity index (χ3n) is 3.31. The maximum Gasteiger partial charge on any atom is 0.270 e. The molecule has 9 heteroatoms. The van der Waals surface area contributed by atoms with Crippen LogP contribution >= 0.6 is 0 Å². The molecular weight excluding hydrogens is 288 g/mol. The van der Waals surface area contributed by atoms with Crippen molar-refractivity contribution in [1.29, 1.82) is 0 Å². The Morgan fingerprint density at radius 2 is 2.00 bits per heavy atom. The van der Waals surface area contributed by atoms with Crippen LogP contribution in [0.5, 0.6) is 0 Å². The lowest BCUT2D eigenvalue weighted by molar-refractivity contribution is -0.384. The molecule has 1 fully saturated rings. The molecular formula is C13H14N6O3. The molecule has 2 aromatic rings. The number of non-ortho nitro benzene ring substituents is 1. The Bertz CT molecular complexity index is 679. The van der Waals surface area contributed by atoms with E-state index in [0.29, 0.717) is 18.8 Å². The van der Waals surface area contributed by atoms with E-state index in [1.54, 1.807) is 12.3 Å². The summed E-state index contributed by atoms with van der Waals surface area (Å²) in [7, 11) is 0. The third-order valence-corrected chi connectivity index (χ3v) is 3.31. The van der Waals surface area contributed by atoms with Gasteiger partial charge in [-0.15, -0.1) is 10.2 Å². The van der Waals surface area contributed by atoms with E-state index in [2.05, 4.69) is 20.2 Å². The summed E-state index contributed by atoms with van der Waals surface area (Å²) in [5.74, 6) is 0. The molecule has 114 valence electrons. The minimum Gasteiger partial charge on any atom is -0.378 e. The Morgan fingerprint density at radius 3 is 2.68 bits per heavy atom. The lowest BCUT2D eigenvalue weighted by atomic mass is 10.1. The standard InChI is InChI=1S/C13H14N6O3/c20-19(21)12-1-2-13(17-3-5-22-6-4-17)11(7-12)8-16-18-9-14-15-10-18/h1-2,7-10H,3-6H2/b16-8+. The highest BCUT2D eigenvalue weighted by atomic mass is 16.6. The zero-order valence-electron chi connectivity index (χ0n) is 11.7. The Morgan fingerprint density at radius 1 is 1.27 bits per heavy atom. The molecule has 0 saturated carbocycles. The van der Waals surface area contributed by atoms with E-state index in [4.69, 9.17) is 4.74 Å². The van der Waals surface area contributed by atoms with Crippen LogP contribution in [0.25, 0.3) is 0 Å². The topological polar surface area (TPSA) is 98.7 Å². The van der Waals surface area contributed by atoms with Crippen molar-refractivity contribution in [3.8, 4) is 0 Å². The number of nitrogens with zero attached hydrogens (tertiary/aromatic N) is 6. The molecule has 0 atom stereocenters. The summed E-state index contributed by atoms with van der Waals surface area (Å²) in [6, 6.07) is 4.76. The van der Waals surface area contributed by atoms with Gasteiger partial charge >= 0.3 is 0 Å². The van der Waals surface area contributed by atoms with Crippen molar-refractivity contribution in [2.75, 3.05) is 31.2 Å².